The van der Waals surface area contributed by atoms with Crippen LogP contribution in [0.1, 0.15) is 30.9 Å². The second-order valence-corrected chi connectivity index (χ2v) is 6.88. The molecule has 0 aliphatic heterocycles. The van der Waals surface area contributed by atoms with E-state index in [1.807, 2.05) is 38.1 Å². The number of carbonyl (C=O) groups is 2. The van der Waals surface area contributed by atoms with Gasteiger partial charge in [-0.05, 0) is 41.3 Å². The maximum atomic E-state index is 12.1. The molecule has 0 bridgehead atoms. The Bertz CT molecular complexity index is 908. The average molecular weight is 418 g/mol. The van der Waals surface area contributed by atoms with Gasteiger partial charge in [-0.25, -0.2) is 4.79 Å². The fraction of sp³-hybridized carbons (Fsp3) is 0.273. The summed E-state index contributed by atoms with van der Waals surface area (Å²) in [5.74, 6) is 0.0472. The minimum absolute atomic E-state index is 0.255. The molecule has 0 saturated carbocycles. The summed E-state index contributed by atoms with van der Waals surface area (Å²) < 4.78 is 15.4. The van der Waals surface area contributed by atoms with Gasteiger partial charge in [0.25, 0.3) is 5.91 Å². The van der Waals surface area contributed by atoms with Crippen LogP contribution >= 0.6 is 11.6 Å². The number of carbonyl (C=O) groups excluding carboxylic acids is 2. The molecule has 0 aromatic heterocycles. The first-order chi connectivity index (χ1) is 13.8. The highest BCUT2D eigenvalue weighted by Crippen LogP contribution is 2.36. The summed E-state index contributed by atoms with van der Waals surface area (Å²) >= 11 is 6.14. The van der Waals surface area contributed by atoms with E-state index in [2.05, 4.69) is 5.32 Å². The number of anilines is 1. The van der Waals surface area contributed by atoms with Crippen LogP contribution in [-0.4, -0.2) is 32.7 Å². The van der Waals surface area contributed by atoms with E-state index in [1.54, 1.807) is 12.1 Å². The highest BCUT2D eigenvalue weighted by molar-refractivity contribution is 6.32. The Morgan fingerprint density at radius 2 is 1.86 bits per heavy atom. The van der Waals surface area contributed by atoms with Gasteiger partial charge >= 0.3 is 5.97 Å². The van der Waals surface area contributed by atoms with Crippen LogP contribution in [0.25, 0.3) is 6.08 Å². The maximum Gasteiger partial charge on any atom is 0.331 e. The number of methoxy groups -OCH3 is 2. The Morgan fingerprint density at radius 3 is 2.52 bits per heavy atom. The fourth-order valence-electron chi connectivity index (χ4n) is 2.68. The van der Waals surface area contributed by atoms with E-state index in [-0.39, 0.29) is 12.5 Å². The fourth-order valence-corrected chi connectivity index (χ4v) is 2.98. The molecule has 0 radical (unpaired) electrons. The third-order valence-corrected chi connectivity index (χ3v) is 4.35. The van der Waals surface area contributed by atoms with Crippen LogP contribution in [-0.2, 0) is 14.3 Å². The summed E-state index contributed by atoms with van der Waals surface area (Å²) in [4.78, 5) is 24.0. The number of esters is 1. The van der Waals surface area contributed by atoms with Crippen molar-refractivity contribution in [1.29, 1.82) is 0 Å². The zero-order chi connectivity index (χ0) is 21.4. The van der Waals surface area contributed by atoms with Crippen LogP contribution < -0.4 is 14.8 Å². The lowest BCUT2D eigenvalue weighted by molar-refractivity contribution is -0.142. The highest BCUT2D eigenvalue weighted by Gasteiger charge is 2.12. The van der Waals surface area contributed by atoms with E-state index in [0.29, 0.717) is 27.8 Å². The zero-order valence-electron chi connectivity index (χ0n) is 16.8. The van der Waals surface area contributed by atoms with Crippen LogP contribution in [0.15, 0.2) is 42.5 Å². The van der Waals surface area contributed by atoms with Crippen LogP contribution in [0.4, 0.5) is 5.69 Å². The third-order valence-electron chi connectivity index (χ3n) is 4.07. The summed E-state index contributed by atoms with van der Waals surface area (Å²) in [5, 5.41) is 3.12. The largest absolute Gasteiger partial charge is 0.493 e. The summed E-state index contributed by atoms with van der Waals surface area (Å²) in [5.41, 5.74) is 2.34. The normalized spacial score (nSPS) is 10.8. The topological polar surface area (TPSA) is 73.9 Å². The van der Waals surface area contributed by atoms with Crippen molar-refractivity contribution >= 4 is 35.2 Å². The number of halogens is 1. The van der Waals surface area contributed by atoms with Gasteiger partial charge in [0.15, 0.2) is 18.1 Å². The Balaban J connectivity index is 1.95. The number of para-hydroxylation sites is 1. The van der Waals surface area contributed by atoms with Crippen molar-refractivity contribution in [2.24, 2.45) is 0 Å². The Kier molecular flexibility index (Phi) is 8.09. The smallest absolute Gasteiger partial charge is 0.331 e. The standard InChI is InChI=1S/C22H24ClNO5/c1-14(2)16-7-5-6-8-18(16)24-20(25)13-29-21(26)10-9-15-11-17(23)22(28-4)19(12-15)27-3/h5-12,14H,13H2,1-4H3,(H,24,25)/b10-9+. The zero-order valence-corrected chi connectivity index (χ0v) is 17.6. The van der Waals surface area contributed by atoms with Crippen LogP contribution in [0, 0.1) is 0 Å². The molecule has 7 heteroatoms. The molecule has 0 heterocycles. The predicted molar refractivity (Wildman–Crippen MR) is 114 cm³/mol. The molecule has 0 unspecified atom stereocenters. The molecular weight excluding hydrogens is 394 g/mol. The molecule has 0 fully saturated rings. The molecule has 154 valence electrons. The van der Waals surface area contributed by atoms with Gasteiger partial charge in [-0.15, -0.1) is 0 Å². The maximum absolute atomic E-state index is 12.1. The van der Waals surface area contributed by atoms with Crippen molar-refractivity contribution in [2.45, 2.75) is 19.8 Å². The summed E-state index contributed by atoms with van der Waals surface area (Å²) in [6.07, 6.45) is 2.73. The molecule has 1 amide bonds. The van der Waals surface area contributed by atoms with Crippen molar-refractivity contribution in [2.75, 3.05) is 26.1 Å². The monoisotopic (exact) mass is 417 g/mol. The number of benzene rings is 2. The van der Waals surface area contributed by atoms with E-state index >= 15 is 0 Å². The molecule has 2 rings (SSSR count). The molecule has 6 nitrogen and oxygen atoms in total. The average Bonchev–Trinajstić information content (AvgIpc) is 2.70. The number of amides is 1. The third kappa shape index (κ3) is 6.26. The van der Waals surface area contributed by atoms with E-state index in [1.165, 1.54) is 26.4 Å². The molecule has 29 heavy (non-hydrogen) atoms. The van der Waals surface area contributed by atoms with Crippen LogP contribution in [0.5, 0.6) is 11.5 Å². The lowest BCUT2D eigenvalue weighted by Crippen LogP contribution is -2.21. The number of hydrogen-bond acceptors (Lipinski definition) is 5. The van der Waals surface area contributed by atoms with Crippen molar-refractivity contribution < 1.29 is 23.8 Å². The first kappa shape index (κ1) is 22.3. The quantitative estimate of drug-likeness (QED) is 0.498. The van der Waals surface area contributed by atoms with E-state index in [4.69, 9.17) is 25.8 Å². The number of rotatable bonds is 8. The SMILES string of the molecule is COc1cc(/C=C/C(=O)OCC(=O)Nc2ccccc2C(C)C)cc(Cl)c1OC. The van der Waals surface area contributed by atoms with Crippen LogP contribution in [0.3, 0.4) is 0 Å². The van der Waals surface area contributed by atoms with E-state index in [0.717, 1.165) is 5.56 Å². The van der Waals surface area contributed by atoms with Crippen molar-refractivity contribution in [1.82, 2.24) is 0 Å². The molecule has 0 aliphatic rings. The van der Waals surface area contributed by atoms with Gasteiger partial charge in [-0.2, -0.15) is 0 Å². The molecule has 0 saturated heterocycles. The predicted octanol–water partition coefficient (Wildman–Crippen LogP) is 4.68. The minimum atomic E-state index is -0.650. The second kappa shape index (κ2) is 10.5. The number of nitrogens with one attached hydrogen (secondary N) is 1. The van der Waals surface area contributed by atoms with E-state index in [9.17, 15) is 9.59 Å². The van der Waals surface area contributed by atoms with Crippen molar-refractivity contribution in [3.05, 3.63) is 58.6 Å². The molecule has 0 spiro atoms. The van der Waals surface area contributed by atoms with E-state index < -0.39 is 11.9 Å². The summed E-state index contributed by atoms with van der Waals surface area (Å²) in [6.45, 7) is 3.69. The van der Waals surface area contributed by atoms with Gasteiger partial charge in [-0.3, -0.25) is 4.79 Å². The van der Waals surface area contributed by atoms with Gasteiger partial charge in [0, 0.05) is 11.8 Å². The lowest BCUT2D eigenvalue weighted by atomic mass is 10.0. The van der Waals surface area contributed by atoms with Crippen molar-refractivity contribution in [3.63, 3.8) is 0 Å². The lowest BCUT2D eigenvalue weighted by Gasteiger charge is -2.13. The van der Waals surface area contributed by atoms with Gasteiger partial charge in [-0.1, -0.05) is 43.6 Å². The molecule has 0 atom stereocenters. The summed E-state index contributed by atoms with van der Waals surface area (Å²) in [6, 6.07) is 10.8. The van der Waals surface area contributed by atoms with Gasteiger partial charge in [0.2, 0.25) is 0 Å². The molecule has 1 N–H and O–H groups in total. The Labute approximate surface area is 175 Å². The van der Waals surface area contributed by atoms with Gasteiger partial charge in [0.1, 0.15) is 0 Å². The Hall–Kier alpha value is -2.99. The van der Waals surface area contributed by atoms with Gasteiger partial charge in [0.05, 0.1) is 19.2 Å². The molecule has 2 aromatic rings. The molecule has 2 aromatic carbocycles. The van der Waals surface area contributed by atoms with Gasteiger partial charge < -0.3 is 19.5 Å². The first-order valence-corrected chi connectivity index (χ1v) is 9.38. The number of hydrogen-bond donors (Lipinski definition) is 1. The summed E-state index contributed by atoms with van der Waals surface area (Å²) in [7, 11) is 2.98. The van der Waals surface area contributed by atoms with Crippen LogP contribution in [0.2, 0.25) is 5.02 Å². The molecular formula is C22H24ClNO5. The minimum Gasteiger partial charge on any atom is -0.493 e. The highest BCUT2D eigenvalue weighted by atomic mass is 35.5. The second-order valence-electron chi connectivity index (χ2n) is 6.47. The molecule has 0 aliphatic carbocycles. The Morgan fingerprint density at radius 1 is 1.14 bits per heavy atom. The first-order valence-electron chi connectivity index (χ1n) is 9.00. The van der Waals surface area contributed by atoms with Crippen molar-refractivity contribution in [3.8, 4) is 11.5 Å². The number of ether oxygens (including phenoxy) is 3.